The Balaban J connectivity index is 1.22. The Morgan fingerprint density at radius 2 is 1.22 bits per heavy atom. The van der Waals surface area contributed by atoms with Crippen molar-refractivity contribution in [2.75, 3.05) is 20.7 Å². The number of hydrogen-bond donors (Lipinski definition) is 4. The van der Waals surface area contributed by atoms with E-state index in [0.29, 0.717) is 39.4 Å². The third-order valence-electron chi connectivity index (χ3n) is 9.65. The van der Waals surface area contributed by atoms with E-state index in [1.54, 1.807) is 12.4 Å². The number of fused-ring (bicyclic) bond motifs is 4. The van der Waals surface area contributed by atoms with E-state index in [-0.39, 0.29) is 17.6 Å². The largest absolute Gasteiger partial charge is 0.416 e. The Hall–Kier alpha value is -7.59. The molecule has 0 radical (unpaired) electrons. The molecule has 10 aromatic rings. The lowest BCUT2D eigenvalue weighted by molar-refractivity contribution is -0.137. The van der Waals surface area contributed by atoms with Crippen molar-refractivity contribution in [3.05, 3.63) is 156 Å². The molecule has 0 fully saturated rings. The number of halogens is 4. The van der Waals surface area contributed by atoms with Gasteiger partial charge in [0, 0.05) is 37.4 Å². The van der Waals surface area contributed by atoms with Crippen LogP contribution in [0.3, 0.4) is 0 Å². The molecule has 0 spiro atoms. The first kappa shape index (κ1) is 35.8. The molecule has 6 aromatic carbocycles. The Morgan fingerprint density at radius 3 is 1.98 bits per heavy atom. The van der Waals surface area contributed by atoms with Crippen LogP contribution in [-0.4, -0.2) is 40.3 Å². The Bertz CT molecular complexity index is 3170. The molecule has 59 heavy (non-hydrogen) atoms. The molecule has 4 N–H and O–H groups in total. The van der Waals surface area contributed by atoms with E-state index in [2.05, 4.69) is 47.0 Å². The predicted octanol–water partition coefficient (Wildman–Crippen LogP) is 11.5. The van der Waals surface area contributed by atoms with Crippen LogP contribution in [0.5, 0.6) is 0 Å². The van der Waals surface area contributed by atoms with Gasteiger partial charge in [-0.05, 0) is 103 Å². The molecule has 0 saturated carbocycles. The van der Waals surface area contributed by atoms with Gasteiger partial charge in [-0.2, -0.15) is 33.3 Å². The lowest BCUT2D eigenvalue weighted by Crippen LogP contribution is -2.38. The van der Waals surface area contributed by atoms with Crippen molar-refractivity contribution in [1.82, 2.24) is 40.3 Å². The van der Waals surface area contributed by atoms with Crippen molar-refractivity contribution < 1.29 is 13.2 Å². The van der Waals surface area contributed by atoms with E-state index in [1.807, 2.05) is 119 Å². The van der Waals surface area contributed by atoms with Crippen LogP contribution in [0.2, 0.25) is 0 Å². The fraction of sp³-hybridized carbons (Fsp3) is 0.0233. The molecular weight excluding hydrogens is 821 g/mol. The quantitative estimate of drug-likeness (QED) is 0.104. The molecular formula is C43H28BrF3N12. The topological polar surface area (TPSA) is 139 Å². The van der Waals surface area contributed by atoms with E-state index in [4.69, 9.17) is 19.9 Å². The van der Waals surface area contributed by atoms with Crippen molar-refractivity contribution in [2.45, 2.75) is 6.18 Å². The summed E-state index contributed by atoms with van der Waals surface area (Å²) in [5.74, 6) is 1.27. The van der Waals surface area contributed by atoms with Crippen LogP contribution in [0.1, 0.15) is 5.56 Å². The van der Waals surface area contributed by atoms with Crippen molar-refractivity contribution >= 4 is 106 Å². The summed E-state index contributed by atoms with van der Waals surface area (Å²) in [6.07, 6.45) is -1.05. The summed E-state index contributed by atoms with van der Waals surface area (Å²) in [6, 6.07) is 39.4. The maximum Gasteiger partial charge on any atom is 0.416 e. The van der Waals surface area contributed by atoms with E-state index in [9.17, 15) is 13.2 Å². The van der Waals surface area contributed by atoms with Crippen LogP contribution in [0.4, 0.5) is 59.5 Å². The fourth-order valence-electron chi connectivity index (χ4n) is 6.89. The van der Waals surface area contributed by atoms with E-state index in [0.717, 1.165) is 49.5 Å². The number of rotatable bonds is 9. The smallest absolute Gasteiger partial charge is 0.340 e. The molecule has 0 aliphatic carbocycles. The number of hydrazine groups is 1. The van der Waals surface area contributed by atoms with Gasteiger partial charge < -0.3 is 10.6 Å². The molecule has 0 amide bonds. The maximum absolute atomic E-state index is 13.8. The van der Waals surface area contributed by atoms with Gasteiger partial charge in [-0.1, -0.05) is 46.3 Å². The van der Waals surface area contributed by atoms with Crippen LogP contribution in [0.15, 0.2) is 150 Å². The monoisotopic (exact) mass is 848 g/mol. The SMILES string of the molecule is FC(F)(F)c1cccc(Nc2nc(N(c3ccc4[nH]ncc4c3)N(c3ccc(Br)cc3)c3nc(Nc4ccc5[nH]ncc5c4)c4ccccc4n3)c3ccccc3n2)c1. The zero-order chi connectivity index (χ0) is 40.1. The van der Waals surface area contributed by atoms with E-state index in [1.165, 1.54) is 12.1 Å². The van der Waals surface area contributed by atoms with Crippen LogP contribution >= 0.6 is 15.9 Å². The molecule has 0 atom stereocenters. The normalized spacial score (nSPS) is 11.7. The minimum atomic E-state index is -4.54. The highest BCUT2D eigenvalue weighted by atomic mass is 79.9. The molecule has 4 aromatic heterocycles. The lowest BCUT2D eigenvalue weighted by Gasteiger charge is -2.36. The highest BCUT2D eigenvalue weighted by Gasteiger charge is 2.31. The third kappa shape index (κ3) is 6.95. The summed E-state index contributed by atoms with van der Waals surface area (Å²) in [6.45, 7) is 0. The molecule has 16 heteroatoms. The van der Waals surface area contributed by atoms with Gasteiger partial charge in [-0.3, -0.25) is 10.2 Å². The Labute approximate surface area is 340 Å². The molecule has 0 saturated heterocycles. The van der Waals surface area contributed by atoms with Crippen molar-refractivity contribution in [1.29, 1.82) is 0 Å². The minimum Gasteiger partial charge on any atom is -0.340 e. The predicted molar refractivity (Wildman–Crippen MR) is 228 cm³/mol. The number of benzene rings is 6. The Kier molecular flexibility index (Phi) is 8.74. The first-order valence-electron chi connectivity index (χ1n) is 18.2. The third-order valence-corrected chi connectivity index (χ3v) is 10.2. The van der Waals surface area contributed by atoms with Crippen molar-refractivity contribution in [3.63, 3.8) is 0 Å². The molecule has 0 unspecified atom stereocenters. The number of H-pyrrole nitrogens is 2. The average molecular weight is 850 g/mol. The molecule has 288 valence electrons. The molecule has 0 aliphatic heterocycles. The standard InChI is InChI=1S/C43H28BrF3N12/c44-28-12-15-31(16-13-28)59(42-53-37-10-3-1-8-33(37)39(54-42)50-30-14-18-35-25(20-30)23-48-56-35)58(32-17-19-36-26(21-32)24-49-57-36)40-34-9-2-4-11-38(34)52-41(55-40)51-29-7-5-6-27(22-29)43(45,46)47/h1-24H,(H,48,56)(H,49,57)(H,50,53,54)(H,51,52,55). The van der Waals surface area contributed by atoms with E-state index < -0.39 is 11.7 Å². The van der Waals surface area contributed by atoms with E-state index >= 15 is 0 Å². The second-order valence-electron chi connectivity index (χ2n) is 13.5. The van der Waals surface area contributed by atoms with Crippen molar-refractivity contribution in [3.8, 4) is 0 Å². The molecule has 4 heterocycles. The summed E-state index contributed by atoms with van der Waals surface area (Å²) in [5, 5.41) is 27.9. The number of anilines is 8. The second kappa shape index (κ2) is 14.4. The molecule has 0 aliphatic rings. The molecule has 0 bridgehead atoms. The first-order chi connectivity index (χ1) is 28.7. The fourth-order valence-corrected chi connectivity index (χ4v) is 7.15. The van der Waals surface area contributed by atoms with Gasteiger partial charge in [0.1, 0.15) is 5.82 Å². The first-order valence-corrected chi connectivity index (χ1v) is 19.0. The lowest BCUT2D eigenvalue weighted by atomic mass is 10.2. The van der Waals surface area contributed by atoms with Gasteiger partial charge in [0.25, 0.3) is 5.95 Å². The van der Waals surface area contributed by atoms with Crippen LogP contribution < -0.4 is 20.7 Å². The van der Waals surface area contributed by atoms with Crippen molar-refractivity contribution in [2.24, 2.45) is 0 Å². The van der Waals surface area contributed by atoms with Gasteiger partial charge in [-0.15, -0.1) is 0 Å². The average Bonchev–Trinajstić information content (AvgIpc) is 3.92. The summed E-state index contributed by atoms with van der Waals surface area (Å²) in [4.78, 5) is 20.2. The minimum absolute atomic E-state index is 0.0691. The van der Waals surface area contributed by atoms with Gasteiger partial charge >= 0.3 is 6.18 Å². The number of nitrogens with one attached hydrogen (secondary N) is 4. The van der Waals surface area contributed by atoms with Crippen LogP contribution in [0.25, 0.3) is 43.6 Å². The summed E-state index contributed by atoms with van der Waals surface area (Å²) >= 11 is 3.60. The zero-order valence-corrected chi connectivity index (χ0v) is 32.0. The van der Waals surface area contributed by atoms with Gasteiger partial charge in [0.05, 0.1) is 51.4 Å². The molecule has 12 nitrogen and oxygen atoms in total. The number of aromatic nitrogens is 8. The number of para-hydroxylation sites is 2. The van der Waals surface area contributed by atoms with Crippen LogP contribution in [-0.2, 0) is 6.18 Å². The highest BCUT2D eigenvalue weighted by molar-refractivity contribution is 9.10. The number of alkyl halides is 3. The summed E-state index contributed by atoms with van der Waals surface area (Å²) in [5.41, 5.74) is 4.37. The maximum atomic E-state index is 13.8. The number of hydrogen-bond acceptors (Lipinski definition) is 10. The van der Waals surface area contributed by atoms with Gasteiger partial charge in [0.2, 0.25) is 5.95 Å². The molecule has 10 rings (SSSR count). The summed E-state index contributed by atoms with van der Waals surface area (Å²) in [7, 11) is 0. The second-order valence-corrected chi connectivity index (χ2v) is 14.4. The van der Waals surface area contributed by atoms with Crippen LogP contribution in [0, 0.1) is 0 Å². The Morgan fingerprint density at radius 1 is 0.559 bits per heavy atom. The summed E-state index contributed by atoms with van der Waals surface area (Å²) < 4.78 is 42.2. The van der Waals surface area contributed by atoms with Gasteiger partial charge in [0.15, 0.2) is 5.82 Å². The highest BCUT2D eigenvalue weighted by Crippen LogP contribution is 2.41. The number of nitrogens with zero attached hydrogens (tertiary/aromatic N) is 8. The van der Waals surface area contributed by atoms with Gasteiger partial charge in [-0.25, -0.2) is 20.0 Å². The zero-order valence-electron chi connectivity index (χ0n) is 30.4. The number of aromatic amines is 2.